The standard InChI is InChI=1S/C32H37N3O5S/c1-4-11-40-30(37)25-19(3)26(31(38)39-5-2)41-29(25)33-28(36)24-18-35(23-9-7-6-8-10-23)34-27(24)32-15-20-12-21(16-32)14-22(13-20)17-32/h6-10,18,20-22H,4-5,11-17H2,1-3H3,(H,33,36). The van der Waals surface area contributed by atoms with Gasteiger partial charge in [-0.2, -0.15) is 5.10 Å². The summed E-state index contributed by atoms with van der Waals surface area (Å²) in [4.78, 5) is 40.3. The second kappa shape index (κ2) is 11.1. The van der Waals surface area contributed by atoms with Crippen LogP contribution in [0.2, 0.25) is 0 Å². The minimum Gasteiger partial charge on any atom is -0.462 e. The Labute approximate surface area is 244 Å². The van der Waals surface area contributed by atoms with Gasteiger partial charge in [-0.15, -0.1) is 11.3 Å². The van der Waals surface area contributed by atoms with Gasteiger partial charge in [0.25, 0.3) is 5.91 Å². The van der Waals surface area contributed by atoms with E-state index in [0.717, 1.165) is 42.0 Å². The number of carbonyl (C=O) groups excluding carboxylic acids is 3. The molecule has 4 saturated carbocycles. The van der Waals surface area contributed by atoms with Gasteiger partial charge in [-0.25, -0.2) is 14.3 Å². The van der Waals surface area contributed by atoms with Crippen molar-refractivity contribution in [1.82, 2.24) is 9.78 Å². The molecule has 4 aliphatic rings. The topological polar surface area (TPSA) is 99.5 Å². The van der Waals surface area contributed by atoms with Crippen LogP contribution in [0.3, 0.4) is 0 Å². The van der Waals surface area contributed by atoms with E-state index in [-0.39, 0.29) is 35.0 Å². The molecule has 2 aromatic heterocycles. The number of para-hydroxylation sites is 1. The van der Waals surface area contributed by atoms with Crippen LogP contribution in [0.1, 0.15) is 100 Å². The Balaban J connectivity index is 1.40. The predicted octanol–water partition coefficient (Wildman–Crippen LogP) is 6.71. The first kappa shape index (κ1) is 27.7. The number of nitrogens with one attached hydrogen (secondary N) is 1. The van der Waals surface area contributed by atoms with Crippen LogP contribution in [-0.2, 0) is 14.9 Å². The van der Waals surface area contributed by atoms with Gasteiger partial charge in [-0.3, -0.25) is 4.79 Å². The highest BCUT2D eigenvalue weighted by Crippen LogP contribution is 2.61. The van der Waals surface area contributed by atoms with Crippen molar-refractivity contribution in [3.05, 3.63) is 63.8 Å². The molecule has 41 heavy (non-hydrogen) atoms. The second-order valence-electron chi connectivity index (χ2n) is 11.9. The van der Waals surface area contributed by atoms with Crippen LogP contribution in [0.25, 0.3) is 5.69 Å². The fraction of sp³-hybridized carbons (Fsp3) is 0.500. The molecule has 8 nitrogen and oxygen atoms in total. The number of carbonyl (C=O) groups is 3. The third-order valence-electron chi connectivity index (χ3n) is 9.00. The molecule has 4 bridgehead atoms. The van der Waals surface area contributed by atoms with E-state index in [0.29, 0.717) is 40.3 Å². The summed E-state index contributed by atoms with van der Waals surface area (Å²) in [6.07, 6.45) is 9.52. The van der Waals surface area contributed by atoms with Crippen LogP contribution in [0.4, 0.5) is 5.00 Å². The van der Waals surface area contributed by atoms with Gasteiger partial charge in [0.1, 0.15) is 9.88 Å². The van der Waals surface area contributed by atoms with E-state index in [2.05, 4.69) is 5.32 Å². The van der Waals surface area contributed by atoms with E-state index >= 15 is 0 Å². The first-order valence-corrected chi connectivity index (χ1v) is 15.6. The lowest BCUT2D eigenvalue weighted by atomic mass is 9.48. The van der Waals surface area contributed by atoms with Gasteiger partial charge in [0, 0.05) is 11.6 Å². The van der Waals surface area contributed by atoms with E-state index in [1.807, 2.05) is 48.1 Å². The number of nitrogens with zero attached hydrogens (tertiary/aromatic N) is 2. The summed E-state index contributed by atoms with van der Waals surface area (Å²) in [6.45, 7) is 5.79. The van der Waals surface area contributed by atoms with Crippen molar-refractivity contribution in [3.63, 3.8) is 0 Å². The maximum atomic E-state index is 14.2. The van der Waals surface area contributed by atoms with E-state index in [9.17, 15) is 14.4 Å². The maximum Gasteiger partial charge on any atom is 0.348 e. The van der Waals surface area contributed by atoms with Crippen molar-refractivity contribution in [2.45, 2.75) is 71.1 Å². The molecule has 1 N–H and O–H groups in total. The molecule has 0 radical (unpaired) electrons. The van der Waals surface area contributed by atoms with Crippen molar-refractivity contribution in [3.8, 4) is 5.69 Å². The number of benzene rings is 1. The number of hydrogen-bond acceptors (Lipinski definition) is 7. The van der Waals surface area contributed by atoms with Gasteiger partial charge in [0.15, 0.2) is 0 Å². The summed E-state index contributed by atoms with van der Waals surface area (Å²) < 4.78 is 12.5. The Hall–Kier alpha value is -3.46. The Morgan fingerprint density at radius 1 is 1.00 bits per heavy atom. The zero-order valence-corrected chi connectivity index (χ0v) is 24.7. The minimum absolute atomic E-state index is 0.119. The van der Waals surface area contributed by atoms with Crippen LogP contribution in [0.15, 0.2) is 36.5 Å². The maximum absolute atomic E-state index is 14.2. The number of esters is 2. The lowest BCUT2D eigenvalue weighted by Crippen LogP contribution is -2.49. The second-order valence-corrected chi connectivity index (χ2v) is 13.0. The lowest BCUT2D eigenvalue weighted by Gasteiger charge is -2.56. The Kier molecular flexibility index (Phi) is 7.49. The average molecular weight is 576 g/mol. The molecule has 9 heteroatoms. The molecule has 1 amide bonds. The Bertz CT molecular complexity index is 1440. The van der Waals surface area contributed by atoms with Crippen LogP contribution in [-0.4, -0.2) is 40.8 Å². The number of amides is 1. The van der Waals surface area contributed by atoms with Crippen LogP contribution < -0.4 is 5.32 Å². The fourth-order valence-corrected chi connectivity index (χ4v) is 8.81. The molecule has 216 valence electrons. The molecule has 3 aromatic rings. The highest BCUT2D eigenvalue weighted by Gasteiger charge is 2.54. The molecular weight excluding hydrogens is 538 g/mol. The number of thiophene rings is 1. The molecule has 2 heterocycles. The van der Waals surface area contributed by atoms with E-state index in [4.69, 9.17) is 14.6 Å². The molecule has 0 atom stereocenters. The zero-order valence-electron chi connectivity index (χ0n) is 23.9. The molecule has 1 aromatic carbocycles. The first-order valence-electron chi connectivity index (χ1n) is 14.8. The van der Waals surface area contributed by atoms with Crippen molar-refractivity contribution in [2.24, 2.45) is 17.8 Å². The summed E-state index contributed by atoms with van der Waals surface area (Å²) in [6, 6.07) is 9.84. The van der Waals surface area contributed by atoms with Crippen molar-refractivity contribution >= 4 is 34.2 Å². The predicted molar refractivity (Wildman–Crippen MR) is 157 cm³/mol. The summed E-state index contributed by atoms with van der Waals surface area (Å²) in [5, 5.41) is 8.39. The van der Waals surface area contributed by atoms with Gasteiger partial charge in [0.05, 0.1) is 35.7 Å². The molecular formula is C32H37N3O5S. The van der Waals surface area contributed by atoms with E-state index < -0.39 is 11.9 Å². The number of rotatable bonds is 9. The molecule has 4 fully saturated rings. The summed E-state index contributed by atoms with van der Waals surface area (Å²) in [7, 11) is 0. The largest absolute Gasteiger partial charge is 0.462 e. The van der Waals surface area contributed by atoms with Gasteiger partial charge >= 0.3 is 11.9 Å². The summed E-state index contributed by atoms with van der Waals surface area (Å²) in [5.41, 5.74) is 2.79. The molecule has 0 unspecified atom stereocenters. The van der Waals surface area contributed by atoms with Gasteiger partial charge in [-0.05, 0) is 94.2 Å². The average Bonchev–Trinajstić information content (AvgIpc) is 3.54. The number of ether oxygens (including phenoxy) is 2. The van der Waals surface area contributed by atoms with Crippen molar-refractivity contribution in [1.29, 1.82) is 0 Å². The van der Waals surface area contributed by atoms with Crippen molar-refractivity contribution < 1.29 is 23.9 Å². The Morgan fingerprint density at radius 2 is 1.66 bits per heavy atom. The monoisotopic (exact) mass is 575 g/mol. The molecule has 0 saturated heterocycles. The van der Waals surface area contributed by atoms with Crippen LogP contribution in [0.5, 0.6) is 0 Å². The molecule has 4 aliphatic carbocycles. The van der Waals surface area contributed by atoms with Crippen LogP contribution in [0, 0.1) is 24.7 Å². The highest BCUT2D eigenvalue weighted by molar-refractivity contribution is 7.18. The quantitative estimate of drug-likeness (QED) is 0.285. The molecule has 0 spiro atoms. The van der Waals surface area contributed by atoms with Gasteiger partial charge in [0.2, 0.25) is 0 Å². The fourth-order valence-electron chi connectivity index (χ4n) is 7.72. The van der Waals surface area contributed by atoms with E-state index in [1.165, 1.54) is 19.3 Å². The summed E-state index contributed by atoms with van der Waals surface area (Å²) >= 11 is 1.05. The Morgan fingerprint density at radius 3 is 2.27 bits per heavy atom. The highest BCUT2D eigenvalue weighted by atomic mass is 32.1. The number of hydrogen-bond donors (Lipinski definition) is 1. The minimum atomic E-state index is -0.562. The molecule has 7 rings (SSSR count). The van der Waals surface area contributed by atoms with Gasteiger partial charge in [-0.1, -0.05) is 25.1 Å². The SMILES string of the molecule is CCCOC(=O)c1c(NC(=O)c2cn(-c3ccccc3)nc2C23CC4CC(CC(C4)C2)C3)sc(C(=O)OCC)c1C. The number of anilines is 1. The normalized spacial score (nSPS) is 24.3. The van der Waals surface area contributed by atoms with Crippen molar-refractivity contribution in [2.75, 3.05) is 18.5 Å². The zero-order chi connectivity index (χ0) is 28.7. The molecule has 0 aliphatic heterocycles. The lowest BCUT2D eigenvalue weighted by molar-refractivity contribution is -0.00765. The smallest absolute Gasteiger partial charge is 0.348 e. The number of aromatic nitrogens is 2. The van der Waals surface area contributed by atoms with Crippen LogP contribution >= 0.6 is 11.3 Å². The first-order chi connectivity index (χ1) is 19.8. The summed E-state index contributed by atoms with van der Waals surface area (Å²) in [5.74, 6) is 0.640. The van der Waals surface area contributed by atoms with Gasteiger partial charge < -0.3 is 14.8 Å². The van der Waals surface area contributed by atoms with E-state index in [1.54, 1.807) is 13.8 Å². The third-order valence-corrected chi connectivity index (χ3v) is 10.2. The third kappa shape index (κ3) is 5.09.